The number of amides is 1. The van der Waals surface area contributed by atoms with Gasteiger partial charge in [0, 0.05) is 31.1 Å². The van der Waals surface area contributed by atoms with Crippen molar-refractivity contribution in [2.75, 3.05) is 0 Å². The zero-order chi connectivity index (χ0) is 20.2. The van der Waals surface area contributed by atoms with Gasteiger partial charge in [-0.2, -0.15) is 0 Å². The number of guanidine groups is 1. The Hall–Kier alpha value is -2.12. The van der Waals surface area contributed by atoms with Gasteiger partial charge >= 0.3 is 0 Å². The van der Waals surface area contributed by atoms with Gasteiger partial charge in [-0.1, -0.05) is 19.3 Å². The number of rotatable bonds is 6. The molecule has 0 radical (unpaired) electrons. The summed E-state index contributed by atoms with van der Waals surface area (Å²) in [5, 5.41) is 18.8. The molecule has 160 valence electrons. The molecule has 1 amide bonds. The summed E-state index contributed by atoms with van der Waals surface area (Å²) in [7, 11) is 1.97. The van der Waals surface area contributed by atoms with Gasteiger partial charge in [-0.3, -0.25) is 4.79 Å². The summed E-state index contributed by atoms with van der Waals surface area (Å²) in [5.41, 5.74) is 0. The van der Waals surface area contributed by atoms with E-state index in [-0.39, 0.29) is 17.9 Å². The maximum Gasteiger partial charge on any atom is 0.223 e. The lowest BCUT2D eigenvalue weighted by Gasteiger charge is -2.31. The van der Waals surface area contributed by atoms with E-state index in [1.54, 1.807) is 0 Å². The topological polar surface area (TPSA) is 96.2 Å². The summed E-state index contributed by atoms with van der Waals surface area (Å²) in [6.45, 7) is 2.45. The monoisotopic (exact) mass is 401 g/mol. The molecule has 8 nitrogen and oxygen atoms in total. The fraction of sp³-hybridized carbons (Fsp3) is 0.810. The molecule has 3 aliphatic rings. The number of hydrogen-bond acceptors (Lipinski definition) is 4. The van der Waals surface area contributed by atoms with Crippen LogP contribution < -0.4 is 16.0 Å². The molecule has 2 atom stereocenters. The predicted molar refractivity (Wildman–Crippen MR) is 112 cm³/mol. The summed E-state index contributed by atoms with van der Waals surface area (Å²) in [5.74, 6) is 2.98. The molecule has 0 spiro atoms. The van der Waals surface area contributed by atoms with Crippen molar-refractivity contribution in [3.05, 3.63) is 11.6 Å². The summed E-state index contributed by atoms with van der Waals surface area (Å²) < 4.78 is 1.98. The van der Waals surface area contributed by atoms with E-state index in [0.29, 0.717) is 18.6 Å². The Labute approximate surface area is 173 Å². The number of aryl methyl sites for hydroxylation is 1. The fourth-order valence-corrected chi connectivity index (χ4v) is 4.43. The molecule has 3 N–H and O–H groups in total. The predicted octanol–water partition coefficient (Wildman–Crippen LogP) is 1.94. The molecule has 1 aromatic heterocycles. The maximum atomic E-state index is 12.5. The minimum Gasteiger partial charge on any atom is -0.354 e. The number of nitrogens with one attached hydrogen (secondary N) is 3. The maximum absolute atomic E-state index is 12.5. The average molecular weight is 402 g/mol. The summed E-state index contributed by atoms with van der Waals surface area (Å²) in [4.78, 5) is 17.3. The van der Waals surface area contributed by atoms with Crippen molar-refractivity contribution in [3.63, 3.8) is 0 Å². The number of aromatic nitrogens is 3. The number of hydrogen-bond donors (Lipinski definition) is 3. The van der Waals surface area contributed by atoms with Crippen molar-refractivity contribution >= 4 is 11.9 Å². The molecule has 1 heterocycles. The van der Waals surface area contributed by atoms with Crippen LogP contribution in [-0.2, 0) is 18.4 Å². The van der Waals surface area contributed by atoms with E-state index in [1.165, 1.54) is 25.7 Å². The quantitative estimate of drug-likeness (QED) is 0.500. The molecule has 0 saturated heterocycles. The van der Waals surface area contributed by atoms with E-state index >= 15 is 0 Å². The minimum absolute atomic E-state index is 0.121. The third-order valence-corrected chi connectivity index (χ3v) is 6.57. The van der Waals surface area contributed by atoms with E-state index in [0.717, 1.165) is 56.1 Å². The first-order valence-electron chi connectivity index (χ1n) is 11.3. The van der Waals surface area contributed by atoms with Crippen LogP contribution in [0.3, 0.4) is 0 Å². The highest BCUT2D eigenvalue weighted by Gasteiger charge is 2.31. The van der Waals surface area contributed by atoms with Crippen LogP contribution in [0.2, 0.25) is 0 Å². The van der Waals surface area contributed by atoms with Crippen LogP contribution in [0.4, 0.5) is 0 Å². The Balaban J connectivity index is 1.38. The van der Waals surface area contributed by atoms with Crippen LogP contribution in [-0.4, -0.2) is 44.8 Å². The summed E-state index contributed by atoms with van der Waals surface area (Å²) in [6, 6.07) is 1.21. The molecule has 2 unspecified atom stereocenters. The second-order valence-electron chi connectivity index (χ2n) is 9.00. The molecule has 4 rings (SSSR count). The van der Waals surface area contributed by atoms with Gasteiger partial charge in [0.2, 0.25) is 5.91 Å². The van der Waals surface area contributed by atoms with E-state index in [1.807, 2.05) is 18.5 Å². The lowest BCUT2D eigenvalue weighted by molar-refractivity contribution is -0.126. The van der Waals surface area contributed by atoms with E-state index in [2.05, 4.69) is 26.1 Å². The van der Waals surface area contributed by atoms with E-state index in [9.17, 15) is 4.79 Å². The lowest BCUT2D eigenvalue weighted by Crippen LogP contribution is -2.49. The molecule has 0 bridgehead atoms. The van der Waals surface area contributed by atoms with Crippen molar-refractivity contribution in [3.8, 4) is 0 Å². The average Bonchev–Trinajstić information content (AvgIpc) is 3.27. The minimum atomic E-state index is 0.121. The Bertz CT molecular complexity index is 733. The van der Waals surface area contributed by atoms with E-state index < -0.39 is 0 Å². The molecule has 3 fully saturated rings. The van der Waals surface area contributed by atoms with Gasteiger partial charge in [0.25, 0.3) is 0 Å². The molecule has 0 aliphatic heterocycles. The highest BCUT2D eigenvalue weighted by molar-refractivity contribution is 5.81. The zero-order valence-electron chi connectivity index (χ0n) is 17.8. The smallest absolute Gasteiger partial charge is 0.223 e. The first kappa shape index (κ1) is 20.2. The Kier molecular flexibility index (Phi) is 6.35. The SMILES string of the molecule is Cc1nnc(CN=C(NC2CCCC2)NC2CCCC(C(=O)NC3CC3)C2)n1C. The van der Waals surface area contributed by atoms with Crippen LogP contribution in [0.15, 0.2) is 4.99 Å². The van der Waals surface area contributed by atoms with Crippen LogP contribution in [0.1, 0.15) is 75.9 Å². The fourth-order valence-electron chi connectivity index (χ4n) is 4.43. The van der Waals surface area contributed by atoms with Crippen LogP contribution in [0.25, 0.3) is 0 Å². The molecule has 0 aromatic carbocycles. The van der Waals surface area contributed by atoms with Gasteiger partial charge in [0.1, 0.15) is 12.4 Å². The third-order valence-electron chi connectivity index (χ3n) is 6.57. The number of aliphatic imine (C=N–C) groups is 1. The first-order chi connectivity index (χ1) is 14.1. The largest absolute Gasteiger partial charge is 0.354 e. The van der Waals surface area contributed by atoms with Crippen molar-refractivity contribution in [2.45, 2.75) is 95.8 Å². The first-order valence-corrected chi connectivity index (χ1v) is 11.3. The molecular weight excluding hydrogens is 366 g/mol. The molecule has 3 aliphatic carbocycles. The Morgan fingerprint density at radius 1 is 0.966 bits per heavy atom. The van der Waals surface area contributed by atoms with Crippen LogP contribution in [0, 0.1) is 12.8 Å². The van der Waals surface area contributed by atoms with Crippen molar-refractivity contribution in [1.82, 2.24) is 30.7 Å². The van der Waals surface area contributed by atoms with Crippen molar-refractivity contribution < 1.29 is 4.79 Å². The van der Waals surface area contributed by atoms with Gasteiger partial charge in [0.05, 0.1) is 0 Å². The van der Waals surface area contributed by atoms with Crippen LogP contribution in [0.5, 0.6) is 0 Å². The normalized spacial score (nSPS) is 25.8. The molecule has 1 aromatic rings. The van der Waals surface area contributed by atoms with Gasteiger partial charge in [-0.05, 0) is 51.9 Å². The highest BCUT2D eigenvalue weighted by Crippen LogP contribution is 2.27. The molecular formula is C21H35N7O. The third kappa shape index (κ3) is 5.48. The Morgan fingerprint density at radius 3 is 2.34 bits per heavy atom. The van der Waals surface area contributed by atoms with Gasteiger partial charge in [-0.15, -0.1) is 10.2 Å². The van der Waals surface area contributed by atoms with Crippen LogP contribution >= 0.6 is 0 Å². The highest BCUT2D eigenvalue weighted by atomic mass is 16.2. The number of nitrogens with zero attached hydrogens (tertiary/aromatic N) is 4. The van der Waals surface area contributed by atoms with Gasteiger partial charge in [-0.25, -0.2) is 4.99 Å². The molecule has 8 heteroatoms. The number of carbonyl (C=O) groups is 1. The summed E-state index contributed by atoms with van der Waals surface area (Å²) in [6.07, 6.45) is 11.3. The number of carbonyl (C=O) groups excluding carboxylic acids is 1. The Morgan fingerprint density at radius 2 is 1.66 bits per heavy atom. The van der Waals surface area contributed by atoms with Gasteiger partial charge < -0.3 is 20.5 Å². The molecule has 29 heavy (non-hydrogen) atoms. The van der Waals surface area contributed by atoms with Crippen molar-refractivity contribution in [2.24, 2.45) is 18.0 Å². The second kappa shape index (κ2) is 9.13. The van der Waals surface area contributed by atoms with Gasteiger partial charge in [0.15, 0.2) is 11.8 Å². The lowest BCUT2D eigenvalue weighted by atomic mass is 9.85. The standard InChI is InChI=1S/C21H35N7O/c1-14-26-27-19(28(14)2)13-22-21(24-16-7-3-4-8-16)25-18-9-5-6-15(12-18)20(29)23-17-10-11-17/h15-18H,3-13H2,1-2H3,(H,23,29)(H2,22,24,25). The van der Waals surface area contributed by atoms with E-state index in [4.69, 9.17) is 4.99 Å². The zero-order valence-corrected chi connectivity index (χ0v) is 17.8. The van der Waals surface area contributed by atoms with Crippen molar-refractivity contribution in [1.29, 1.82) is 0 Å². The molecule has 3 saturated carbocycles. The second-order valence-corrected chi connectivity index (χ2v) is 9.00. The summed E-state index contributed by atoms with van der Waals surface area (Å²) >= 11 is 0.